The first-order valence-corrected chi connectivity index (χ1v) is 11.2. The minimum atomic E-state index is -0.919. The summed E-state index contributed by atoms with van der Waals surface area (Å²) in [5.41, 5.74) is 6.37. The Bertz CT molecular complexity index is 1070. The number of carboxylic acids is 1. The Morgan fingerprint density at radius 1 is 1.00 bits per heavy atom. The molecule has 0 aliphatic carbocycles. The Kier molecular flexibility index (Phi) is 7.05. The van der Waals surface area contributed by atoms with Gasteiger partial charge in [0.1, 0.15) is 5.82 Å². The van der Waals surface area contributed by atoms with Crippen molar-refractivity contribution in [3.05, 3.63) is 94.8 Å². The summed E-state index contributed by atoms with van der Waals surface area (Å²) in [5, 5.41) is 12.2. The zero-order valence-electron chi connectivity index (χ0n) is 18.2. The molecule has 0 bridgehead atoms. The highest BCUT2D eigenvalue weighted by Crippen LogP contribution is 2.32. The van der Waals surface area contributed by atoms with Gasteiger partial charge in [0.05, 0.1) is 0 Å². The average Bonchev–Trinajstić information content (AvgIpc) is 2.81. The molecule has 2 N–H and O–H groups in total. The van der Waals surface area contributed by atoms with E-state index in [2.05, 4.69) is 52.7 Å². The second-order valence-corrected chi connectivity index (χ2v) is 8.30. The Morgan fingerprint density at radius 2 is 1.84 bits per heavy atom. The molecule has 3 aromatic rings. The second-order valence-electron chi connectivity index (χ2n) is 8.30. The Labute approximate surface area is 188 Å². The van der Waals surface area contributed by atoms with Crippen molar-refractivity contribution in [2.45, 2.75) is 38.6 Å². The predicted octanol–water partition coefficient (Wildman–Crippen LogP) is 5.45. The van der Waals surface area contributed by atoms with Crippen LogP contribution in [0.2, 0.25) is 0 Å². The fraction of sp³-hybridized carbons (Fsp3) is 0.296. The molecule has 32 heavy (non-hydrogen) atoms. The molecule has 4 nitrogen and oxygen atoms in total. The minimum absolute atomic E-state index is 0.0708. The molecule has 0 unspecified atom stereocenters. The number of aryl methyl sites for hydroxylation is 2. The third-order valence-electron chi connectivity index (χ3n) is 6.05. The molecule has 0 aromatic heterocycles. The number of hydrogen-bond acceptors (Lipinski definition) is 3. The van der Waals surface area contributed by atoms with Crippen LogP contribution in [0.5, 0.6) is 0 Å². The summed E-state index contributed by atoms with van der Waals surface area (Å²) in [5.74, 6) is -1.28. The van der Waals surface area contributed by atoms with Gasteiger partial charge in [-0.15, -0.1) is 0 Å². The maximum atomic E-state index is 14.4. The number of halogens is 1. The number of benzene rings is 3. The number of para-hydroxylation sites is 1. The summed E-state index contributed by atoms with van der Waals surface area (Å²) in [7, 11) is 0. The van der Waals surface area contributed by atoms with Gasteiger partial charge in [0.15, 0.2) is 0 Å². The van der Waals surface area contributed by atoms with Crippen LogP contribution in [-0.2, 0) is 30.6 Å². The van der Waals surface area contributed by atoms with Gasteiger partial charge in [-0.3, -0.25) is 4.79 Å². The second kappa shape index (κ2) is 10.3. The summed E-state index contributed by atoms with van der Waals surface area (Å²) < 4.78 is 14.4. The van der Waals surface area contributed by atoms with Crippen molar-refractivity contribution in [1.29, 1.82) is 0 Å². The molecule has 0 spiro atoms. The Morgan fingerprint density at radius 3 is 2.62 bits per heavy atom. The van der Waals surface area contributed by atoms with Crippen LogP contribution in [0.3, 0.4) is 0 Å². The lowest BCUT2D eigenvalue weighted by Crippen LogP contribution is -2.32. The van der Waals surface area contributed by atoms with Crippen LogP contribution < -0.4 is 10.2 Å². The largest absolute Gasteiger partial charge is 0.481 e. The number of hydrogen-bond donors (Lipinski definition) is 2. The molecule has 0 saturated heterocycles. The van der Waals surface area contributed by atoms with Crippen LogP contribution in [0.25, 0.3) is 0 Å². The van der Waals surface area contributed by atoms with Crippen LogP contribution in [-0.4, -0.2) is 24.2 Å². The monoisotopic (exact) mass is 432 g/mol. The van der Waals surface area contributed by atoms with Crippen LogP contribution in [0.4, 0.5) is 15.8 Å². The Balaban J connectivity index is 1.45. The third-order valence-corrected chi connectivity index (χ3v) is 6.05. The molecule has 0 fully saturated rings. The highest BCUT2D eigenvalue weighted by molar-refractivity contribution is 5.67. The van der Waals surface area contributed by atoms with Crippen molar-refractivity contribution in [3.8, 4) is 0 Å². The molecule has 0 radical (unpaired) electrons. The third kappa shape index (κ3) is 5.47. The molecule has 0 saturated carbocycles. The van der Waals surface area contributed by atoms with E-state index in [1.807, 2.05) is 12.1 Å². The predicted molar refractivity (Wildman–Crippen MR) is 127 cm³/mol. The molecule has 166 valence electrons. The van der Waals surface area contributed by atoms with Gasteiger partial charge in [-0.2, -0.15) is 0 Å². The molecule has 1 heterocycles. The van der Waals surface area contributed by atoms with Gasteiger partial charge in [0.25, 0.3) is 0 Å². The molecule has 0 atom stereocenters. The quantitative estimate of drug-likeness (QED) is 0.472. The SMILES string of the molecule is O=C(O)CCc1ccc(NCc2cccc3c2N(CCc2ccccc2)CCC3)cc1F. The molecule has 1 aliphatic heterocycles. The van der Waals surface area contributed by atoms with E-state index in [0.717, 1.165) is 32.4 Å². The van der Waals surface area contributed by atoms with Crippen LogP contribution >= 0.6 is 0 Å². The summed E-state index contributed by atoms with van der Waals surface area (Å²) in [6.07, 6.45) is 3.37. The van der Waals surface area contributed by atoms with Gasteiger partial charge < -0.3 is 15.3 Å². The summed E-state index contributed by atoms with van der Waals surface area (Å²) in [6.45, 7) is 2.63. The molecule has 5 heteroatoms. The van der Waals surface area contributed by atoms with Gasteiger partial charge in [0, 0.05) is 37.4 Å². The van der Waals surface area contributed by atoms with E-state index < -0.39 is 5.97 Å². The molecule has 4 rings (SSSR count). The van der Waals surface area contributed by atoms with E-state index in [-0.39, 0.29) is 18.7 Å². The normalized spacial score (nSPS) is 13.0. The highest BCUT2D eigenvalue weighted by atomic mass is 19.1. The fourth-order valence-corrected chi connectivity index (χ4v) is 4.40. The van der Waals surface area contributed by atoms with E-state index in [0.29, 0.717) is 17.8 Å². The first-order chi connectivity index (χ1) is 15.6. The van der Waals surface area contributed by atoms with Gasteiger partial charge in [-0.05, 0) is 60.1 Å². The summed E-state index contributed by atoms with van der Waals surface area (Å²) in [4.78, 5) is 13.2. The number of nitrogens with zero attached hydrogens (tertiary/aromatic N) is 1. The van der Waals surface area contributed by atoms with E-state index in [1.54, 1.807) is 6.07 Å². The first kappa shape index (κ1) is 21.9. The smallest absolute Gasteiger partial charge is 0.303 e. The van der Waals surface area contributed by atoms with Crippen LogP contribution in [0.15, 0.2) is 66.7 Å². The number of carboxylic acid groups (broad SMARTS) is 1. The van der Waals surface area contributed by atoms with E-state index in [1.165, 1.54) is 28.4 Å². The number of rotatable bonds is 9. The van der Waals surface area contributed by atoms with Gasteiger partial charge in [-0.1, -0.05) is 54.6 Å². The zero-order valence-corrected chi connectivity index (χ0v) is 18.2. The van der Waals surface area contributed by atoms with Crippen molar-refractivity contribution in [2.24, 2.45) is 0 Å². The van der Waals surface area contributed by atoms with Crippen molar-refractivity contribution in [2.75, 3.05) is 23.3 Å². The van der Waals surface area contributed by atoms with Gasteiger partial charge >= 0.3 is 5.97 Å². The fourth-order valence-electron chi connectivity index (χ4n) is 4.40. The molecule has 3 aromatic carbocycles. The van der Waals surface area contributed by atoms with Crippen molar-refractivity contribution < 1.29 is 14.3 Å². The number of carbonyl (C=O) groups is 1. The van der Waals surface area contributed by atoms with Crippen LogP contribution in [0.1, 0.15) is 35.1 Å². The number of nitrogens with one attached hydrogen (secondary N) is 1. The van der Waals surface area contributed by atoms with Crippen molar-refractivity contribution in [3.63, 3.8) is 0 Å². The van der Waals surface area contributed by atoms with Crippen molar-refractivity contribution in [1.82, 2.24) is 0 Å². The van der Waals surface area contributed by atoms with Gasteiger partial charge in [-0.25, -0.2) is 4.39 Å². The molecule has 1 aliphatic rings. The standard InChI is InChI=1S/C27H29FN2O2/c28-25-18-24(13-11-21(25)12-14-26(31)32)29-19-23-9-4-8-22-10-5-16-30(27(22)23)17-15-20-6-2-1-3-7-20/h1-4,6-9,11,13,18,29H,5,10,12,14-17,19H2,(H,31,32). The van der Waals surface area contributed by atoms with Crippen LogP contribution in [0, 0.1) is 5.82 Å². The number of aliphatic carboxylic acids is 1. The lowest BCUT2D eigenvalue weighted by molar-refractivity contribution is -0.136. The molecular weight excluding hydrogens is 403 g/mol. The number of anilines is 2. The maximum Gasteiger partial charge on any atom is 0.303 e. The lowest BCUT2D eigenvalue weighted by atomic mass is 9.97. The van der Waals surface area contributed by atoms with Crippen molar-refractivity contribution >= 4 is 17.3 Å². The summed E-state index contributed by atoms with van der Waals surface area (Å²) >= 11 is 0. The van der Waals surface area contributed by atoms with E-state index >= 15 is 0 Å². The topological polar surface area (TPSA) is 52.6 Å². The van der Waals surface area contributed by atoms with E-state index in [9.17, 15) is 9.18 Å². The Hall–Kier alpha value is -3.34. The lowest BCUT2D eigenvalue weighted by Gasteiger charge is -2.33. The minimum Gasteiger partial charge on any atom is -0.481 e. The van der Waals surface area contributed by atoms with Gasteiger partial charge in [0.2, 0.25) is 0 Å². The number of fused-ring (bicyclic) bond motifs is 1. The molecular formula is C27H29FN2O2. The first-order valence-electron chi connectivity index (χ1n) is 11.2. The average molecular weight is 433 g/mol. The maximum absolute atomic E-state index is 14.4. The highest BCUT2D eigenvalue weighted by Gasteiger charge is 2.20. The summed E-state index contributed by atoms with van der Waals surface area (Å²) in [6, 6.07) is 22.0. The van der Waals surface area contributed by atoms with E-state index in [4.69, 9.17) is 5.11 Å². The molecule has 0 amide bonds. The zero-order chi connectivity index (χ0) is 22.3.